The van der Waals surface area contributed by atoms with Crippen molar-refractivity contribution in [2.24, 2.45) is 25.2 Å². The number of hydrogen-bond acceptors (Lipinski definition) is 28. The van der Waals surface area contributed by atoms with Gasteiger partial charge in [0.1, 0.15) is 41.0 Å². The van der Waals surface area contributed by atoms with Crippen LogP contribution >= 0.6 is 46.9 Å². The van der Waals surface area contributed by atoms with Crippen molar-refractivity contribution in [1.82, 2.24) is 65.5 Å². The number of esters is 1. The van der Waals surface area contributed by atoms with Crippen LogP contribution in [-0.2, 0) is 57.8 Å². The molecule has 0 radical (unpaired) electrons. The molecule has 38 heteroatoms. The summed E-state index contributed by atoms with van der Waals surface area (Å²) in [5.41, 5.74) is 9.15. The predicted octanol–water partition coefficient (Wildman–Crippen LogP) is 14.7. The second-order valence-electron chi connectivity index (χ2n) is 27.2. The number of hydrogen-bond donors (Lipinski definition) is 5. The van der Waals surface area contributed by atoms with Gasteiger partial charge in [0.2, 0.25) is 22.2 Å². The van der Waals surface area contributed by atoms with Gasteiger partial charge in [0, 0.05) is 99.5 Å². The first-order chi connectivity index (χ1) is 55.8. The van der Waals surface area contributed by atoms with E-state index in [2.05, 4.69) is 57.2 Å². The number of ketones is 1. The van der Waals surface area contributed by atoms with Crippen molar-refractivity contribution in [2.75, 3.05) is 23.8 Å². The molecule has 0 saturated heterocycles. The summed E-state index contributed by atoms with van der Waals surface area (Å²) < 4.78 is 27.6. The number of carbonyl (C=O) groups excluding carboxylic acids is 6. The van der Waals surface area contributed by atoms with Gasteiger partial charge >= 0.3 is 11.7 Å². The first-order valence-electron chi connectivity index (χ1n) is 35.8. The second kappa shape index (κ2) is 38.8. The average Bonchev–Trinajstić information content (AvgIpc) is 1.51. The van der Waals surface area contributed by atoms with E-state index in [1.165, 1.54) is 63.8 Å². The van der Waals surface area contributed by atoms with Gasteiger partial charge in [0.25, 0.3) is 28.6 Å². The van der Waals surface area contributed by atoms with E-state index in [-0.39, 0.29) is 98.9 Å². The van der Waals surface area contributed by atoms with Crippen molar-refractivity contribution in [2.45, 2.75) is 115 Å². The number of primary amides is 1. The molecule has 34 nitrogen and oxygen atoms in total. The Morgan fingerprint density at radius 3 is 1.85 bits per heavy atom. The minimum atomic E-state index is -1.68. The number of Topliss-reactive ketones (excluding diaryl/α,β-unsaturated/α-hetero) is 1. The number of non-ortho nitro benzene ring substituents is 1. The molecule has 6 N–H and O–H groups in total. The number of nitrogens with two attached hydrogens (primary N) is 1. The highest BCUT2D eigenvalue weighted by atomic mass is 35.5. The molecule has 3 heterocycles. The summed E-state index contributed by atoms with van der Waals surface area (Å²) in [6, 6.07) is 41.7. The summed E-state index contributed by atoms with van der Waals surface area (Å²) in [6.07, 6.45) is -1.04. The van der Waals surface area contributed by atoms with Crippen molar-refractivity contribution in [1.29, 1.82) is 0 Å². The lowest BCUT2D eigenvalue weighted by atomic mass is 9.87. The third-order valence-electron chi connectivity index (χ3n) is 17.5. The third kappa shape index (κ3) is 22.1. The van der Waals surface area contributed by atoms with Gasteiger partial charge in [-0.3, -0.25) is 49.0 Å². The highest BCUT2D eigenvalue weighted by Crippen LogP contribution is 2.43. The van der Waals surface area contributed by atoms with Crippen LogP contribution in [0, 0.1) is 53.3 Å². The lowest BCUT2D eigenvalue weighted by Crippen LogP contribution is -2.45. The number of aromatic hydroxyl groups is 2. The number of phenolic OH excluding ortho intramolecular Hbond substituents is 1. The fraction of sp³-hybridized carbons (Fsp3) is 0.253. The SMILES string of the molecule is CCCOC(=O)Cn1nnnc1SC(=O)N(CC)Cc1cc([N+](=O)[O-])ccc1OC(C(=O)Nc1cc(C)ccc1Cl)C(=O)C(C)(C)C.Cc1cc(SCc2nnnn2C)ccc1Oc1cc(C(N)=O)c(O)c2ccccc12.Cc1ccc(C)c(NC(=O)c2cc(Oc3ccc(CSc4nnnn4C)cc3[N+](=O)[O-])c3ccccc3c2O)c1. The van der Waals surface area contributed by atoms with Crippen LogP contribution in [0.4, 0.5) is 27.5 Å². The molecule has 12 rings (SSSR count). The second-order valence-corrected chi connectivity index (χ2v) is 30.5. The summed E-state index contributed by atoms with van der Waals surface area (Å²) in [5, 5.41) is 86.8. The number of fused-ring (bicyclic) bond motifs is 2. The monoisotopic (exact) mass is 1670 g/mol. The maximum absolute atomic E-state index is 13.5. The Kier molecular flexibility index (Phi) is 28.6. The number of nitro benzene ring substituents is 2. The van der Waals surface area contributed by atoms with Crippen LogP contribution in [-0.4, -0.2) is 140 Å². The lowest BCUT2D eigenvalue weighted by Gasteiger charge is -2.27. The number of amides is 4. The zero-order valence-corrected chi connectivity index (χ0v) is 68.2. The number of halogens is 1. The maximum Gasteiger partial charge on any atom is 0.327 e. The van der Waals surface area contributed by atoms with Crippen LogP contribution in [0.2, 0.25) is 5.02 Å². The van der Waals surface area contributed by atoms with Crippen molar-refractivity contribution < 1.29 is 67.8 Å². The summed E-state index contributed by atoms with van der Waals surface area (Å²) in [5.74, 6) is -0.472. The number of aryl methyl sites for hydroxylation is 6. The Balaban J connectivity index is 0.000000189. The standard InChI is InChI=1S/C30H36ClN7O8S.C28H24N6O5S.C21H19N5O3S/c1-7-13-45-24(39)17-37-28(33-34-35-37)47-29(42)36(8-2)16-19-15-20(38(43)44)10-12-23(19)46-25(26(40)30(4,5)6)27(41)32-22-14-18(3)9-11-21(22)31;1-16-8-9-17(2)22(12-16)29-27(36)21-14-25(19-6-4-5-7-20(19)26(21)35)39-24-11-10-18(13-23(24)34(37)38)15-40-28-30-31-32-33(28)3;1-12-9-13(30-11-19-23-24-25-26(19)2)7-8-17(12)29-18-10-16(21(22)28)20(27)15-6-4-3-5-14(15)18/h9-12,14-15,25H,7-8,13,16-17H2,1-6H3,(H,32,41);4-14,35H,15H2,1-3H3,(H,29,36);3-10,27H,11H2,1-2H3,(H2,22,28). The number of aromatic nitrogens is 12. The van der Waals surface area contributed by atoms with E-state index in [1.807, 2.05) is 83.1 Å². The average molecular weight is 1670 g/mol. The highest BCUT2D eigenvalue weighted by molar-refractivity contribution is 8.13. The summed E-state index contributed by atoms with van der Waals surface area (Å²) in [6.45, 7) is 15.8. The van der Waals surface area contributed by atoms with Gasteiger partial charge < -0.3 is 50.4 Å². The number of anilines is 2. The zero-order valence-electron chi connectivity index (χ0n) is 65.0. The maximum atomic E-state index is 13.5. The Morgan fingerprint density at radius 1 is 0.632 bits per heavy atom. The molecule has 12 aromatic rings. The zero-order chi connectivity index (χ0) is 84.5. The molecule has 0 aliphatic carbocycles. The van der Waals surface area contributed by atoms with Gasteiger partial charge in [-0.2, -0.15) is 0 Å². The first kappa shape index (κ1) is 86.3. The molecular formula is C79H79ClN18O16S3. The van der Waals surface area contributed by atoms with Gasteiger partial charge in [-0.05, 0) is 161 Å². The lowest BCUT2D eigenvalue weighted by molar-refractivity contribution is -0.385. The van der Waals surface area contributed by atoms with Gasteiger partial charge in [-0.25, -0.2) is 14.0 Å². The van der Waals surface area contributed by atoms with Crippen LogP contribution in [0.25, 0.3) is 21.5 Å². The molecule has 1 unspecified atom stereocenters. The highest BCUT2D eigenvalue weighted by Gasteiger charge is 2.38. The number of tetrazole rings is 3. The topological polar surface area (TPSA) is 450 Å². The van der Waals surface area contributed by atoms with E-state index in [0.717, 1.165) is 37.7 Å². The van der Waals surface area contributed by atoms with Crippen LogP contribution < -0.4 is 30.6 Å². The van der Waals surface area contributed by atoms with Crippen LogP contribution in [0.3, 0.4) is 0 Å². The molecule has 1 atom stereocenters. The number of phenols is 2. The van der Waals surface area contributed by atoms with E-state index in [0.29, 0.717) is 79.1 Å². The molecule has 9 aromatic carbocycles. The molecule has 4 amide bonds. The Bertz CT molecular complexity index is 5760. The van der Waals surface area contributed by atoms with E-state index in [4.69, 9.17) is 36.3 Å². The minimum Gasteiger partial charge on any atom is -0.506 e. The quantitative estimate of drug-likeness (QED) is 0.00999. The van der Waals surface area contributed by atoms with Crippen LogP contribution in [0.15, 0.2) is 167 Å². The van der Waals surface area contributed by atoms with Crippen LogP contribution in [0.5, 0.6) is 40.2 Å². The Labute approximate surface area is 686 Å². The number of nitrogens with zero attached hydrogens (tertiary/aromatic N) is 15. The summed E-state index contributed by atoms with van der Waals surface area (Å²) in [7, 11) is 3.51. The normalized spacial score (nSPS) is 11.3. The Hall–Kier alpha value is -13.1. The number of ether oxygens (including phenoxy) is 4. The van der Waals surface area contributed by atoms with Crippen molar-refractivity contribution in [3.63, 3.8) is 0 Å². The van der Waals surface area contributed by atoms with Gasteiger partial charge in [-0.15, -0.1) is 27.1 Å². The molecule has 0 aliphatic rings. The molecule has 0 bridgehead atoms. The number of thioether (sulfide) groups is 3. The fourth-order valence-electron chi connectivity index (χ4n) is 11.2. The predicted molar refractivity (Wildman–Crippen MR) is 438 cm³/mol. The van der Waals surface area contributed by atoms with Gasteiger partial charge in [0.15, 0.2) is 11.6 Å². The molecule has 0 fully saturated rings. The molecule has 117 heavy (non-hydrogen) atoms. The first-order valence-corrected chi connectivity index (χ1v) is 39.0. The van der Waals surface area contributed by atoms with Gasteiger partial charge in [0.05, 0.1) is 50.6 Å². The summed E-state index contributed by atoms with van der Waals surface area (Å²) >= 11 is 9.88. The van der Waals surface area contributed by atoms with Crippen molar-refractivity contribution >= 4 is 126 Å². The van der Waals surface area contributed by atoms with E-state index < -0.39 is 56.1 Å². The number of carbonyl (C=O) groups is 6. The van der Waals surface area contributed by atoms with Gasteiger partial charge in [-0.1, -0.05) is 124 Å². The Morgan fingerprint density at radius 2 is 1.24 bits per heavy atom. The molecule has 0 aliphatic heterocycles. The molecular weight excluding hydrogens is 1590 g/mol. The molecule has 606 valence electrons. The summed E-state index contributed by atoms with van der Waals surface area (Å²) in [4.78, 5) is 102. The smallest absolute Gasteiger partial charge is 0.327 e. The van der Waals surface area contributed by atoms with Crippen LogP contribution in [0.1, 0.15) is 101 Å². The van der Waals surface area contributed by atoms with E-state index in [1.54, 1.807) is 119 Å². The third-order valence-corrected chi connectivity index (χ3v) is 20.8. The number of benzene rings is 9. The van der Waals surface area contributed by atoms with Crippen molar-refractivity contribution in [3.05, 3.63) is 227 Å². The molecule has 0 saturated carbocycles. The number of nitro groups is 2. The molecule has 0 spiro atoms. The van der Waals surface area contributed by atoms with E-state index >= 15 is 0 Å². The molecule has 3 aromatic heterocycles. The minimum absolute atomic E-state index is 0.00388. The fourth-order valence-corrected chi connectivity index (χ4v) is 13.9. The number of rotatable bonds is 28. The van der Waals surface area contributed by atoms with Crippen molar-refractivity contribution in [3.8, 4) is 40.2 Å². The van der Waals surface area contributed by atoms with E-state index in [9.17, 15) is 59.2 Å². The number of nitrogens with one attached hydrogen (secondary N) is 2. The largest absolute Gasteiger partial charge is 0.506 e.